The topological polar surface area (TPSA) is 60.7 Å². The van der Waals surface area contributed by atoms with Gasteiger partial charge in [0.15, 0.2) is 0 Å². The molecule has 0 heterocycles. The first-order valence-electron chi connectivity index (χ1n) is 30.6. The summed E-state index contributed by atoms with van der Waals surface area (Å²) < 4.78 is 52.1. The molecule has 1 unspecified atom stereocenters. The number of hydrogen-bond donors (Lipinski definition) is 3. The van der Waals surface area contributed by atoms with Crippen LogP contribution in [-0.2, 0) is 65.1 Å². The molecule has 4 aromatic rings. The van der Waals surface area contributed by atoms with Crippen molar-refractivity contribution in [3.63, 3.8) is 0 Å². The summed E-state index contributed by atoms with van der Waals surface area (Å²) in [5.41, 5.74) is 7.03. The lowest BCUT2D eigenvalue weighted by Gasteiger charge is -2.31. The smallest absolute Gasteiger partial charge is 0.126 e. The van der Waals surface area contributed by atoms with Crippen LogP contribution >= 0.6 is 0 Å². The fourth-order valence-electron chi connectivity index (χ4n) is 11.8. The summed E-state index contributed by atoms with van der Waals surface area (Å²) in [7, 11) is 0. The minimum atomic E-state index is -1.51. The Labute approximate surface area is 475 Å². The number of halogens is 3. The molecule has 1 atom stereocenters. The molecule has 0 fully saturated rings. The molecule has 4 rings (SSSR count). The summed E-state index contributed by atoms with van der Waals surface area (Å²) >= 11 is 0. The Hall–Kier alpha value is -3.93. The maximum absolute atomic E-state index is 18.4. The van der Waals surface area contributed by atoms with Crippen molar-refractivity contribution in [3.05, 3.63) is 120 Å². The van der Waals surface area contributed by atoms with Gasteiger partial charge in [0.25, 0.3) is 0 Å². The zero-order valence-corrected chi connectivity index (χ0v) is 53.1. The minimum Gasteiger partial charge on any atom is -0.507 e. The Morgan fingerprint density at radius 3 is 0.769 bits per heavy atom. The van der Waals surface area contributed by atoms with Crippen LogP contribution in [-0.4, -0.2) is 15.3 Å². The second-order valence-corrected chi connectivity index (χ2v) is 29.8. The van der Waals surface area contributed by atoms with Gasteiger partial charge in [0.05, 0.1) is 0 Å². The van der Waals surface area contributed by atoms with Crippen LogP contribution in [0.1, 0.15) is 330 Å². The van der Waals surface area contributed by atoms with Crippen LogP contribution in [0.15, 0.2) is 36.4 Å². The quantitative estimate of drug-likeness (QED) is 0.0549. The summed E-state index contributed by atoms with van der Waals surface area (Å²) in [6.07, 6.45) is 18.7. The fraction of sp³-hybridized carbons (Fsp3) is 0.667. The van der Waals surface area contributed by atoms with Crippen molar-refractivity contribution in [1.29, 1.82) is 0 Å². The highest BCUT2D eigenvalue weighted by atomic mass is 19.1. The van der Waals surface area contributed by atoms with Crippen LogP contribution in [0.25, 0.3) is 0 Å². The number of phenols is 3. The molecule has 0 spiro atoms. The molecule has 438 valence electrons. The summed E-state index contributed by atoms with van der Waals surface area (Å²) in [6.45, 7) is 37.7. The van der Waals surface area contributed by atoms with Gasteiger partial charge in [0.2, 0.25) is 0 Å². The first kappa shape index (κ1) is 66.6. The Balaban J connectivity index is 1.99. The highest BCUT2D eigenvalue weighted by molar-refractivity contribution is 5.60. The van der Waals surface area contributed by atoms with Crippen LogP contribution in [0.3, 0.4) is 0 Å². The predicted molar refractivity (Wildman–Crippen MR) is 329 cm³/mol. The molecule has 0 aromatic heterocycles. The molecule has 0 radical (unpaired) electrons. The van der Waals surface area contributed by atoms with Gasteiger partial charge in [0, 0.05) is 0 Å². The molecule has 0 aliphatic heterocycles. The third-order valence-corrected chi connectivity index (χ3v) is 16.5. The van der Waals surface area contributed by atoms with E-state index >= 15 is 13.2 Å². The summed E-state index contributed by atoms with van der Waals surface area (Å²) in [5.74, 6) is 0.701. The van der Waals surface area contributed by atoms with Crippen molar-refractivity contribution in [2.45, 2.75) is 312 Å². The van der Waals surface area contributed by atoms with Gasteiger partial charge >= 0.3 is 0 Å². The van der Waals surface area contributed by atoms with Gasteiger partial charge in [-0.2, -0.15) is 0 Å². The number of phenolic OH excluding ortho intramolecular Hbond substituents is 3. The van der Waals surface area contributed by atoms with Crippen molar-refractivity contribution in [2.75, 3.05) is 0 Å². The number of hydrogen-bond acceptors (Lipinski definition) is 3. The Morgan fingerprint density at radius 1 is 0.333 bits per heavy atom. The van der Waals surface area contributed by atoms with E-state index in [9.17, 15) is 15.3 Å². The summed E-state index contributed by atoms with van der Waals surface area (Å²) in [4.78, 5) is 0. The van der Waals surface area contributed by atoms with Gasteiger partial charge in [-0.05, 0) is 142 Å². The first-order valence-corrected chi connectivity index (χ1v) is 30.6. The van der Waals surface area contributed by atoms with E-state index in [0.717, 1.165) is 69.3 Å². The van der Waals surface area contributed by atoms with Crippen LogP contribution in [0, 0.1) is 0 Å². The van der Waals surface area contributed by atoms with Gasteiger partial charge < -0.3 is 15.3 Å². The molecule has 0 saturated heterocycles. The first-order chi connectivity index (χ1) is 36.1. The Kier molecular flexibility index (Phi) is 23.6. The molecule has 0 bridgehead atoms. The molecular weight excluding hydrogens is 970 g/mol. The molecular formula is C72H111F3O3. The standard InChI is InChI=1S/C72H111F3O3/c1-20-21-22-23-24-25-26-27-28-29-30-31-32-33-34-35-36-62(75)63-52(38-49-42-58(69(8,9)10)65(77)59(43-49)70(11,12)13)54(46-73)51(37-48-40-56(67(2,3)4)64(76)57(41-48)68(5,6)7)55(47-74)53(63)39-50-44-60(71(14,15)16)66(78)61(45-50)72(17,18)19/h40-45,62,76-78H,20-39,46-47H2,1-19H3. The summed E-state index contributed by atoms with van der Waals surface area (Å²) in [5, 5.41) is 35.7. The lowest BCUT2D eigenvalue weighted by atomic mass is 9.74. The highest BCUT2D eigenvalue weighted by Crippen LogP contribution is 2.47. The molecule has 0 aliphatic carbocycles. The maximum Gasteiger partial charge on any atom is 0.126 e. The second kappa shape index (κ2) is 27.7. The molecule has 3 N–H and O–H groups in total. The third-order valence-electron chi connectivity index (χ3n) is 16.5. The number of aromatic hydroxyl groups is 3. The largest absolute Gasteiger partial charge is 0.507 e. The average molecular weight is 1080 g/mol. The molecule has 0 amide bonds. The monoisotopic (exact) mass is 1080 g/mol. The van der Waals surface area contributed by atoms with Crippen LogP contribution in [0.5, 0.6) is 17.2 Å². The molecule has 4 aromatic carbocycles. The van der Waals surface area contributed by atoms with E-state index in [1.54, 1.807) is 0 Å². The van der Waals surface area contributed by atoms with Crippen molar-refractivity contribution >= 4 is 0 Å². The lowest BCUT2D eigenvalue weighted by Crippen LogP contribution is -2.20. The van der Waals surface area contributed by atoms with E-state index in [4.69, 9.17) is 0 Å². The summed E-state index contributed by atoms with van der Waals surface area (Å²) in [6, 6.07) is 12.0. The highest BCUT2D eigenvalue weighted by Gasteiger charge is 2.34. The van der Waals surface area contributed by atoms with Crippen LogP contribution in [0.2, 0.25) is 0 Å². The van der Waals surface area contributed by atoms with Crippen molar-refractivity contribution in [2.24, 2.45) is 0 Å². The van der Waals surface area contributed by atoms with Gasteiger partial charge in [-0.25, -0.2) is 13.2 Å². The van der Waals surface area contributed by atoms with Crippen LogP contribution in [0.4, 0.5) is 13.2 Å². The third kappa shape index (κ3) is 18.0. The normalized spacial score (nSPS) is 13.5. The van der Waals surface area contributed by atoms with E-state index < -0.39 is 52.0 Å². The molecule has 78 heavy (non-hydrogen) atoms. The zero-order chi connectivity index (χ0) is 58.8. The zero-order valence-electron chi connectivity index (χ0n) is 53.1. The Bertz CT molecular complexity index is 2340. The molecule has 0 aliphatic rings. The van der Waals surface area contributed by atoms with Gasteiger partial charge in [-0.1, -0.05) is 271 Å². The SMILES string of the molecule is CCCCCCCCCCCCCCCCCCC(F)c1c(Cc2cc(C(C)(C)C)c(O)c(C(C)(C)C)c2)c(CF)c(Cc2cc(C(C)(C)C)c(O)c(C(C)(C)C)c2)c(CF)c1Cc1cc(C(C)(C)C)c(O)c(C(C)(C)C)c1. The lowest BCUT2D eigenvalue weighted by molar-refractivity contribution is 0.307. The second-order valence-electron chi connectivity index (χ2n) is 29.8. The minimum absolute atomic E-state index is 0.174. The van der Waals surface area contributed by atoms with Gasteiger partial charge in [0.1, 0.15) is 36.8 Å². The fourth-order valence-corrected chi connectivity index (χ4v) is 11.8. The van der Waals surface area contributed by atoms with Crippen molar-refractivity contribution in [1.82, 2.24) is 0 Å². The number of unbranched alkanes of at least 4 members (excludes halogenated alkanes) is 15. The van der Waals surface area contributed by atoms with E-state index in [1.165, 1.54) is 77.0 Å². The van der Waals surface area contributed by atoms with E-state index in [0.29, 0.717) is 39.8 Å². The Morgan fingerprint density at radius 2 is 0.551 bits per heavy atom. The average Bonchev–Trinajstić information content (AvgIpc) is 3.32. The van der Waals surface area contributed by atoms with E-state index in [-0.39, 0.29) is 42.9 Å². The predicted octanol–water partition coefficient (Wildman–Crippen LogP) is 22.0. The van der Waals surface area contributed by atoms with Gasteiger partial charge in [-0.3, -0.25) is 0 Å². The number of rotatable bonds is 26. The van der Waals surface area contributed by atoms with Crippen molar-refractivity contribution in [3.8, 4) is 17.2 Å². The van der Waals surface area contributed by atoms with E-state index in [1.807, 2.05) is 36.4 Å². The van der Waals surface area contributed by atoms with Crippen LogP contribution < -0.4 is 0 Å². The number of benzene rings is 4. The molecule has 3 nitrogen and oxygen atoms in total. The maximum atomic E-state index is 18.4. The van der Waals surface area contributed by atoms with Crippen molar-refractivity contribution < 1.29 is 28.5 Å². The molecule has 6 heteroatoms. The van der Waals surface area contributed by atoms with Gasteiger partial charge in [-0.15, -0.1) is 0 Å². The number of alkyl halides is 3. The molecule has 0 saturated carbocycles. The van der Waals surface area contributed by atoms with E-state index in [2.05, 4.69) is 132 Å².